The Morgan fingerprint density at radius 2 is 1.69 bits per heavy atom. The van der Waals surface area contributed by atoms with Gasteiger partial charge < -0.3 is 35.8 Å². The van der Waals surface area contributed by atoms with Gasteiger partial charge in [0.2, 0.25) is 5.56 Å². The van der Waals surface area contributed by atoms with Gasteiger partial charge in [-0.25, -0.2) is 9.59 Å². The third-order valence-corrected chi connectivity index (χ3v) is 10.2. The molecule has 2 heterocycles. The highest BCUT2D eigenvalue weighted by molar-refractivity contribution is 5.94. The Morgan fingerprint density at radius 1 is 0.945 bits per heavy atom. The van der Waals surface area contributed by atoms with Crippen LogP contribution in [0.4, 0.5) is 19.9 Å². The summed E-state index contributed by atoms with van der Waals surface area (Å²) >= 11 is 0. The van der Waals surface area contributed by atoms with Crippen LogP contribution in [0.5, 0.6) is 5.75 Å². The minimum Gasteiger partial charge on any atom is -0.506 e. The fourth-order valence-corrected chi connectivity index (χ4v) is 7.49. The van der Waals surface area contributed by atoms with Gasteiger partial charge in [-0.05, 0) is 91.1 Å². The lowest BCUT2D eigenvalue weighted by atomic mass is 9.89. The number of benzene rings is 4. The third-order valence-electron chi connectivity index (χ3n) is 10.2. The summed E-state index contributed by atoms with van der Waals surface area (Å²) in [5.41, 5.74) is 12.1. The van der Waals surface area contributed by atoms with Crippen LogP contribution in [0.15, 0.2) is 105 Å². The molecule has 55 heavy (non-hydrogen) atoms. The average molecular weight is 758 g/mol. The average Bonchev–Trinajstić information content (AvgIpc) is 3.47. The number of oxazole rings is 1. The number of aromatic amines is 1. The minimum atomic E-state index is -0.984. The molecule has 1 fully saturated rings. The first-order chi connectivity index (χ1) is 25.7. The van der Waals surface area contributed by atoms with Crippen molar-refractivity contribution in [3.05, 3.63) is 129 Å². The number of carbonyl (C=O) groups is 1. The van der Waals surface area contributed by atoms with Gasteiger partial charge in [-0.1, -0.05) is 54.6 Å². The van der Waals surface area contributed by atoms with E-state index in [2.05, 4.69) is 10.3 Å². The highest BCUT2D eigenvalue weighted by atomic mass is 19.0. The van der Waals surface area contributed by atoms with Gasteiger partial charge in [0.1, 0.15) is 5.75 Å². The van der Waals surface area contributed by atoms with Gasteiger partial charge in [-0.3, -0.25) is 23.7 Å². The zero-order valence-electron chi connectivity index (χ0n) is 30.0. The molecule has 7 N–H and O–H groups in total. The summed E-state index contributed by atoms with van der Waals surface area (Å²) < 4.78 is 7.17. The SMILES string of the molecule is F.F.N[C@H]1CC[C@H](N(C(=O)O)c2cc(CCCn3c(=O)oc4ccc(CNC[C@H](O)c5ccc(O)c6[nH]c(=O)ccc56)cc43)ccc2-c2ccccc2)CC1. The van der Waals surface area contributed by atoms with E-state index in [4.69, 9.17) is 10.2 Å². The van der Waals surface area contributed by atoms with E-state index >= 15 is 0 Å². The number of hydrogen-bond donors (Lipinski definition) is 6. The quantitative estimate of drug-likeness (QED) is 0.0830. The Hall–Kier alpha value is -5.83. The zero-order chi connectivity index (χ0) is 37.1. The van der Waals surface area contributed by atoms with Crippen molar-refractivity contribution in [1.29, 1.82) is 0 Å². The van der Waals surface area contributed by atoms with Crippen molar-refractivity contribution in [2.75, 3.05) is 11.4 Å². The van der Waals surface area contributed by atoms with E-state index in [1.165, 1.54) is 17.0 Å². The molecule has 1 atom stereocenters. The number of phenols is 1. The molecule has 0 aliphatic heterocycles. The number of aromatic hydroxyl groups is 1. The maximum absolute atomic E-state index is 12.9. The van der Waals surface area contributed by atoms with Crippen LogP contribution >= 0.6 is 0 Å². The number of H-pyrrole nitrogens is 1. The summed E-state index contributed by atoms with van der Waals surface area (Å²) in [7, 11) is 0. The fourth-order valence-electron chi connectivity index (χ4n) is 7.49. The summed E-state index contributed by atoms with van der Waals surface area (Å²) in [6, 6.07) is 27.2. The second kappa shape index (κ2) is 17.5. The molecule has 1 aliphatic carbocycles. The van der Waals surface area contributed by atoms with Crippen LogP contribution < -0.4 is 27.3 Å². The van der Waals surface area contributed by atoms with Crippen LogP contribution in [-0.2, 0) is 19.5 Å². The zero-order valence-corrected chi connectivity index (χ0v) is 30.0. The number of hydrogen-bond acceptors (Lipinski definition) is 8. The molecule has 0 bridgehead atoms. The van der Waals surface area contributed by atoms with Crippen LogP contribution in [0.1, 0.15) is 54.9 Å². The second-order valence-corrected chi connectivity index (χ2v) is 13.8. The summed E-state index contributed by atoms with van der Waals surface area (Å²) in [6.07, 6.45) is 2.31. The summed E-state index contributed by atoms with van der Waals surface area (Å²) in [6.45, 7) is 1.01. The number of rotatable bonds is 12. The van der Waals surface area contributed by atoms with E-state index in [9.17, 15) is 29.7 Å². The standard InChI is InChI=1S/C41H43N5O7.2FH/c42-28-10-12-29(13-11-28)46(40(50)51)33-21-25(8-14-30(33)27-6-2-1-3-7-27)5-4-20-45-34-22-26(9-18-37(34)53-41(45)52)23-43-24-36(48)31-15-17-35(47)39-32(31)16-19-38(49)44-39;;/h1-3,6-9,14-19,21-22,28-29,36,43,47-48H,4-5,10-13,20,23-24,42H2,(H,44,49)(H,50,51);2*1H/t28-,29-,36-;;/m0../s1. The van der Waals surface area contributed by atoms with E-state index in [1.54, 1.807) is 22.8 Å². The summed E-state index contributed by atoms with van der Waals surface area (Å²) in [5.74, 6) is -0.525. The van der Waals surface area contributed by atoms with E-state index < -0.39 is 18.0 Å². The van der Waals surface area contributed by atoms with Gasteiger partial charge in [-0.2, -0.15) is 0 Å². The number of nitrogens with one attached hydrogen (secondary N) is 2. The van der Waals surface area contributed by atoms with Crippen LogP contribution in [0.2, 0.25) is 0 Å². The number of nitrogens with two attached hydrogens (primary N) is 1. The fraction of sp³-hybridized carbons (Fsp3) is 0.293. The number of amides is 1. The molecule has 1 amide bonds. The molecule has 1 saturated carbocycles. The van der Waals surface area contributed by atoms with Crippen molar-refractivity contribution in [3.8, 4) is 16.9 Å². The van der Waals surface area contributed by atoms with Crippen molar-refractivity contribution in [3.63, 3.8) is 0 Å². The Bertz CT molecular complexity index is 2370. The van der Waals surface area contributed by atoms with Crippen LogP contribution in [0.3, 0.4) is 0 Å². The molecule has 12 nitrogen and oxygen atoms in total. The number of carboxylic acid groups (broad SMARTS) is 1. The molecule has 0 unspecified atom stereocenters. The molecule has 7 rings (SSSR count). The van der Waals surface area contributed by atoms with E-state index in [1.807, 2.05) is 60.7 Å². The summed E-state index contributed by atoms with van der Waals surface area (Å²) in [4.78, 5) is 41.6. The number of aliphatic hydroxyl groups is 1. The first-order valence-electron chi connectivity index (χ1n) is 18.0. The predicted molar refractivity (Wildman–Crippen MR) is 209 cm³/mol. The Kier molecular flexibility index (Phi) is 12.9. The number of fused-ring (bicyclic) bond motifs is 2. The smallest absolute Gasteiger partial charge is 0.419 e. The van der Waals surface area contributed by atoms with Crippen molar-refractivity contribution < 1.29 is 33.9 Å². The van der Waals surface area contributed by atoms with Gasteiger partial charge in [0.15, 0.2) is 5.58 Å². The number of halogens is 2. The van der Waals surface area contributed by atoms with Crippen LogP contribution in [0, 0.1) is 0 Å². The van der Waals surface area contributed by atoms with E-state index in [-0.39, 0.29) is 44.9 Å². The maximum Gasteiger partial charge on any atom is 0.419 e. The molecule has 6 aromatic rings. The number of aliphatic hydroxyl groups excluding tert-OH is 1. The van der Waals surface area contributed by atoms with E-state index in [0.717, 1.165) is 35.1 Å². The van der Waals surface area contributed by atoms with Gasteiger partial charge in [0.25, 0.3) is 0 Å². The van der Waals surface area contributed by atoms with Crippen LogP contribution in [-0.4, -0.2) is 49.6 Å². The lowest BCUT2D eigenvalue weighted by molar-refractivity contribution is 0.176. The topological polar surface area (TPSA) is 187 Å². The normalized spacial score (nSPS) is 16.0. The molecule has 290 valence electrons. The number of nitrogens with zero attached hydrogens (tertiary/aromatic N) is 2. The van der Waals surface area contributed by atoms with Gasteiger partial charge in [0, 0.05) is 48.7 Å². The first kappa shape index (κ1) is 40.4. The number of phenolic OH excluding ortho intramolecular Hbond substituents is 1. The highest BCUT2D eigenvalue weighted by Gasteiger charge is 2.30. The summed E-state index contributed by atoms with van der Waals surface area (Å²) in [5, 5.41) is 35.4. The van der Waals surface area contributed by atoms with Crippen molar-refractivity contribution in [2.24, 2.45) is 5.73 Å². The Balaban J connectivity index is 0.00000290. The molecule has 14 heteroatoms. The molecular weight excluding hydrogens is 712 g/mol. The molecule has 0 radical (unpaired) electrons. The van der Waals surface area contributed by atoms with Gasteiger partial charge in [-0.15, -0.1) is 0 Å². The number of pyridine rings is 1. The minimum absolute atomic E-state index is 0. The first-order valence-corrected chi connectivity index (χ1v) is 18.0. The lowest BCUT2D eigenvalue weighted by Gasteiger charge is -2.35. The number of aromatic nitrogens is 2. The van der Waals surface area contributed by atoms with Gasteiger partial charge >= 0.3 is 11.8 Å². The molecule has 1 aliphatic rings. The molecule has 2 aromatic heterocycles. The highest BCUT2D eigenvalue weighted by Crippen LogP contribution is 2.36. The Labute approximate surface area is 314 Å². The van der Waals surface area contributed by atoms with E-state index in [0.29, 0.717) is 66.5 Å². The maximum atomic E-state index is 12.9. The van der Waals surface area contributed by atoms with Crippen molar-refractivity contribution in [2.45, 2.75) is 69.8 Å². The molecule has 0 spiro atoms. The molecular formula is C41H45F2N5O7. The largest absolute Gasteiger partial charge is 0.506 e. The number of anilines is 1. The lowest BCUT2D eigenvalue weighted by Crippen LogP contribution is -2.44. The van der Waals surface area contributed by atoms with Crippen molar-refractivity contribution in [1.82, 2.24) is 14.9 Å². The number of aryl methyl sites for hydroxylation is 2. The monoisotopic (exact) mass is 757 g/mol. The predicted octanol–water partition coefficient (Wildman–Crippen LogP) is 6.32. The van der Waals surface area contributed by atoms with Crippen LogP contribution in [0.25, 0.3) is 33.1 Å². The van der Waals surface area contributed by atoms with Crippen molar-refractivity contribution >= 4 is 33.8 Å². The molecule has 4 aromatic carbocycles. The van der Waals surface area contributed by atoms with Gasteiger partial charge in [0.05, 0.1) is 22.8 Å². The second-order valence-electron chi connectivity index (χ2n) is 13.8. The molecule has 0 saturated heterocycles. The Morgan fingerprint density at radius 3 is 2.44 bits per heavy atom. The third kappa shape index (κ3) is 8.78.